The van der Waals surface area contributed by atoms with Gasteiger partial charge in [-0.3, -0.25) is 0 Å². The number of halogens is 1. The van der Waals surface area contributed by atoms with Crippen molar-refractivity contribution in [2.75, 3.05) is 13.2 Å². The first-order valence-corrected chi connectivity index (χ1v) is 6.71. The van der Waals surface area contributed by atoms with Crippen molar-refractivity contribution in [1.29, 1.82) is 0 Å². The lowest BCUT2D eigenvalue weighted by atomic mass is 10.1. The van der Waals surface area contributed by atoms with Crippen molar-refractivity contribution >= 4 is 33.1 Å². The zero-order chi connectivity index (χ0) is 12.3. The molecular weight excluding hydrogens is 302 g/mol. The highest BCUT2D eigenvalue weighted by molar-refractivity contribution is 9.10. The summed E-state index contributed by atoms with van der Waals surface area (Å²) in [5, 5.41) is 0. The van der Waals surface area contributed by atoms with E-state index in [0.717, 1.165) is 41.8 Å². The van der Waals surface area contributed by atoms with Crippen LogP contribution in [0.3, 0.4) is 0 Å². The number of hydrogen-bond acceptors (Lipinski definition) is 3. The molecule has 0 unspecified atom stereocenters. The largest absolute Gasteiger partial charge is 0.489 e. The van der Waals surface area contributed by atoms with E-state index in [1.54, 1.807) is 0 Å². The molecule has 1 fully saturated rings. The summed E-state index contributed by atoms with van der Waals surface area (Å²) >= 11 is 8.49. The third-order valence-corrected chi connectivity index (χ3v) is 3.55. The highest BCUT2D eigenvalue weighted by atomic mass is 79.9. The monoisotopic (exact) mass is 315 g/mol. The van der Waals surface area contributed by atoms with Crippen molar-refractivity contribution in [2.45, 2.75) is 18.9 Å². The van der Waals surface area contributed by atoms with E-state index in [4.69, 9.17) is 27.4 Å². The fourth-order valence-corrected chi connectivity index (χ4v) is 2.72. The van der Waals surface area contributed by atoms with Gasteiger partial charge < -0.3 is 15.2 Å². The van der Waals surface area contributed by atoms with E-state index in [2.05, 4.69) is 15.9 Å². The number of rotatable bonds is 3. The van der Waals surface area contributed by atoms with Crippen molar-refractivity contribution < 1.29 is 9.47 Å². The molecule has 1 aliphatic rings. The van der Waals surface area contributed by atoms with Gasteiger partial charge in [0.15, 0.2) is 0 Å². The minimum absolute atomic E-state index is 0.186. The molecule has 1 aliphatic heterocycles. The zero-order valence-electron chi connectivity index (χ0n) is 9.32. The summed E-state index contributed by atoms with van der Waals surface area (Å²) in [7, 11) is 0. The quantitative estimate of drug-likeness (QED) is 0.871. The van der Waals surface area contributed by atoms with Gasteiger partial charge in [0, 0.05) is 17.3 Å². The van der Waals surface area contributed by atoms with Crippen LogP contribution in [0.1, 0.15) is 18.4 Å². The lowest BCUT2D eigenvalue weighted by Crippen LogP contribution is -2.27. The lowest BCUT2D eigenvalue weighted by molar-refractivity contribution is 0.0255. The van der Waals surface area contributed by atoms with E-state index in [9.17, 15) is 0 Å². The van der Waals surface area contributed by atoms with Crippen molar-refractivity contribution in [1.82, 2.24) is 0 Å². The Morgan fingerprint density at radius 3 is 2.76 bits per heavy atom. The standard InChI is InChI=1S/C12H14BrNO2S/c13-9-2-1-3-10(11(9)12(14)17)16-8-4-6-15-7-5-8/h1-3,8H,4-7H2,(H2,14,17). The molecule has 92 valence electrons. The third kappa shape index (κ3) is 3.18. The first-order valence-electron chi connectivity index (χ1n) is 5.51. The molecule has 5 heteroatoms. The van der Waals surface area contributed by atoms with Crippen LogP contribution in [0.4, 0.5) is 0 Å². The molecule has 1 aromatic carbocycles. The molecule has 0 saturated carbocycles. The van der Waals surface area contributed by atoms with E-state index in [-0.39, 0.29) is 6.10 Å². The Hall–Kier alpha value is -0.650. The maximum absolute atomic E-state index is 5.95. The van der Waals surface area contributed by atoms with Crippen molar-refractivity contribution in [3.63, 3.8) is 0 Å². The van der Waals surface area contributed by atoms with Gasteiger partial charge in [-0.05, 0) is 28.1 Å². The minimum atomic E-state index is 0.186. The Kier molecular flexibility index (Phi) is 4.36. The molecule has 1 heterocycles. The van der Waals surface area contributed by atoms with Crippen LogP contribution in [0.25, 0.3) is 0 Å². The summed E-state index contributed by atoms with van der Waals surface area (Å²) in [6, 6.07) is 5.72. The Labute approximate surface area is 114 Å². The second-order valence-corrected chi connectivity index (χ2v) is 5.20. The molecule has 0 amide bonds. The molecule has 1 saturated heterocycles. The van der Waals surface area contributed by atoms with Gasteiger partial charge in [0.2, 0.25) is 0 Å². The Bertz CT molecular complexity index is 419. The van der Waals surface area contributed by atoms with Crippen LogP contribution in [-0.4, -0.2) is 24.3 Å². The first kappa shape index (κ1) is 12.8. The third-order valence-electron chi connectivity index (χ3n) is 2.68. The maximum atomic E-state index is 5.95. The van der Waals surface area contributed by atoms with Gasteiger partial charge in [-0.1, -0.05) is 18.3 Å². The molecular formula is C12H14BrNO2S. The number of benzene rings is 1. The molecule has 1 aromatic rings. The fourth-order valence-electron chi connectivity index (χ4n) is 1.82. The van der Waals surface area contributed by atoms with Crippen LogP contribution >= 0.6 is 28.1 Å². The zero-order valence-corrected chi connectivity index (χ0v) is 11.7. The molecule has 0 radical (unpaired) electrons. The molecule has 17 heavy (non-hydrogen) atoms. The highest BCUT2D eigenvalue weighted by Crippen LogP contribution is 2.28. The average Bonchev–Trinajstić information content (AvgIpc) is 2.30. The maximum Gasteiger partial charge on any atom is 0.131 e. The highest BCUT2D eigenvalue weighted by Gasteiger charge is 2.18. The first-order chi connectivity index (χ1) is 8.18. The SMILES string of the molecule is NC(=S)c1c(Br)cccc1OC1CCOCC1. The van der Waals surface area contributed by atoms with Gasteiger partial charge in [0.05, 0.1) is 18.8 Å². The number of nitrogens with two attached hydrogens (primary N) is 1. The van der Waals surface area contributed by atoms with E-state index in [1.165, 1.54) is 0 Å². The second-order valence-electron chi connectivity index (χ2n) is 3.91. The minimum Gasteiger partial charge on any atom is -0.489 e. The van der Waals surface area contributed by atoms with Crippen LogP contribution in [0.15, 0.2) is 22.7 Å². The summed E-state index contributed by atoms with van der Waals surface area (Å²) in [6.45, 7) is 1.50. The summed E-state index contributed by atoms with van der Waals surface area (Å²) in [5.74, 6) is 0.749. The van der Waals surface area contributed by atoms with Crippen molar-refractivity contribution in [3.05, 3.63) is 28.2 Å². The van der Waals surface area contributed by atoms with Gasteiger partial charge in [0.25, 0.3) is 0 Å². The Morgan fingerprint density at radius 2 is 2.12 bits per heavy atom. The summed E-state index contributed by atoms with van der Waals surface area (Å²) in [5.41, 5.74) is 6.49. The molecule has 0 aliphatic carbocycles. The van der Waals surface area contributed by atoms with Gasteiger partial charge in [0.1, 0.15) is 16.8 Å². The predicted octanol–water partition coefficient (Wildman–Crippen LogP) is 2.64. The van der Waals surface area contributed by atoms with E-state index in [0.29, 0.717) is 4.99 Å². The van der Waals surface area contributed by atoms with Crippen molar-refractivity contribution in [3.8, 4) is 5.75 Å². The Morgan fingerprint density at radius 1 is 1.41 bits per heavy atom. The average molecular weight is 316 g/mol. The molecule has 0 bridgehead atoms. The van der Waals surface area contributed by atoms with Crippen LogP contribution in [0, 0.1) is 0 Å². The lowest BCUT2D eigenvalue weighted by Gasteiger charge is -2.24. The van der Waals surface area contributed by atoms with Gasteiger partial charge in [-0.2, -0.15) is 0 Å². The summed E-state index contributed by atoms with van der Waals surface area (Å²) in [6.07, 6.45) is 2.00. The summed E-state index contributed by atoms with van der Waals surface area (Å²) < 4.78 is 12.1. The smallest absolute Gasteiger partial charge is 0.131 e. The number of ether oxygens (including phenoxy) is 2. The van der Waals surface area contributed by atoms with Crippen LogP contribution in [-0.2, 0) is 4.74 Å². The van der Waals surface area contributed by atoms with Crippen LogP contribution < -0.4 is 10.5 Å². The van der Waals surface area contributed by atoms with Crippen LogP contribution in [0.2, 0.25) is 0 Å². The van der Waals surface area contributed by atoms with E-state index >= 15 is 0 Å². The predicted molar refractivity (Wildman–Crippen MR) is 74.5 cm³/mol. The van der Waals surface area contributed by atoms with Crippen molar-refractivity contribution in [2.24, 2.45) is 5.73 Å². The molecule has 0 spiro atoms. The van der Waals surface area contributed by atoms with Gasteiger partial charge in [-0.25, -0.2) is 0 Å². The molecule has 0 atom stereocenters. The van der Waals surface area contributed by atoms with E-state index < -0.39 is 0 Å². The topological polar surface area (TPSA) is 44.5 Å². The molecule has 2 N–H and O–H groups in total. The fraction of sp³-hybridized carbons (Fsp3) is 0.417. The molecule has 3 nitrogen and oxygen atoms in total. The van der Waals surface area contributed by atoms with E-state index in [1.807, 2.05) is 18.2 Å². The number of thiocarbonyl (C=S) groups is 1. The van der Waals surface area contributed by atoms with Gasteiger partial charge >= 0.3 is 0 Å². The number of hydrogen-bond donors (Lipinski definition) is 1. The second kappa shape index (κ2) is 5.80. The molecule has 2 rings (SSSR count). The molecule has 0 aromatic heterocycles. The Balaban J connectivity index is 2.19. The normalized spacial score (nSPS) is 16.8. The van der Waals surface area contributed by atoms with Crippen LogP contribution in [0.5, 0.6) is 5.75 Å². The van der Waals surface area contributed by atoms with Gasteiger partial charge in [-0.15, -0.1) is 0 Å². The summed E-state index contributed by atoms with van der Waals surface area (Å²) in [4.78, 5) is 0.347.